The van der Waals surface area contributed by atoms with Crippen molar-refractivity contribution in [3.63, 3.8) is 0 Å². The number of aryl methyl sites for hydroxylation is 2. The van der Waals surface area contributed by atoms with Gasteiger partial charge in [0.1, 0.15) is 17.0 Å². The van der Waals surface area contributed by atoms with Gasteiger partial charge in [-0.2, -0.15) is 0 Å². The summed E-state index contributed by atoms with van der Waals surface area (Å²) in [7, 11) is 0. The van der Waals surface area contributed by atoms with Gasteiger partial charge in [0, 0.05) is 40.5 Å². The molecule has 1 amide bonds. The largest absolute Gasteiger partial charge is 0.464 e. The molecule has 0 radical (unpaired) electrons. The molecule has 6 nitrogen and oxygen atoms in total. The molecule has 0 aliphatic carbocycles. The summed E-state index contributed by atoms with van der Waals surface area (Å²) in [5.74, 6) is -0.574. The molecule has 0 saturated heterocycles. The Morgan fingerprint density at radius 1 is 1.09 bits per heavy atom. The number of carbonyl (C=O) groups is 1. The number of hydrogen-bond acceptors (Lipinski definition) is 4. The number of fused-ring (bicyclic) bond motifs is 3. The molecule has 0 saturated carbocycles. The number of nitrogens with one attached hydrogen (secondary N) is 2. The van der Waals surface area contributed by atoms with Gasteiger partial charge >= 0.3 is 5.63 Å². The first-order valence-corrected chi connectivity index (χ1v) is 10.4. The second-order valence-corrected chi connectivity index (χ2v) is 8.04. The van der Waals surface area contributed by atoms with Gasteiger partial charge in [-0.3, -0.25) is 4.79 Å². The predicted molar refractivity (Wildman–Crippen MR) is 120 cm³/mol. The van der Waals surface area contributed by atoms with Crippen LogP contribution in [-0.4, -0.2) is 17.4 Å². The lowest BCUT2D eigenvalue weighted by Crippen LogP contribution is -2.29. The van der Waals surface area contributed by atoms with E-state index in [0.29, 0.717) is 29.7 Å². The maximum atomic E-state index is 13.5. The van der Waals surface area contributed by atoms with E-state index in [1.165, 1.54) is 12.1 Å². The average molecular weight is 432 g/mol. The Labute approximate surface area is 182 Å². The van der Waals surface area contributed by atoms with Crippen molar-refractivity contribution in [3.05, 3.63) is 81.3 Å². The number of halogens is 1. The average Bonchev–Trinajstić information content (AvgIpc) is 3.33. The Balaban J connectivity index is 1.33. The van der Waals surface area contributed by atoms with Gasteiger partial charge < -0.3 is 19.1 Å². The van der Waals surface area contributed by atoms with Crippen LogP contribution in [0.15, 0.2) is 56.4 Å². The molecule has 0 fully saturated rings. The quantitative estimate of drug-likeness (QED) is 0.395. The molecule has 0 aliphatic rings. The number of aromatic amines is 1. The number of hydrogen-bond donors (Lipinski definition) is 2. The van der Waals surface area contributed by atoms with Crippen LogP contribution in [0.5, 0.6) is 0 Å². The van der Waals surface area contributed by atoms with Gasteiger partial charge in [0.05, 0.1) is 18.2 Å². The third-order valence-corrected chi connectivity index (χ3v) is 5.96. The highest BCUT2D eigenvalue weighted by molar-refractivity contribution is 5.96. The second-order valence-electron chi connectivity index (χ2n) is 8.04. The molecular weight excluding hydrogens is 411 g/mol. The van der Waals surface area contributed by atoms with Gasteiger partial charge in [-0.05, 0) is 61.2 Å². The topological polar surface area (TPSA) is 88.2 Å². The molecule has 5 aromatic rings. The fourth-order valence-electron chi connectivity index (χ4n) is 4.16. The first-order chi connectivity index (χ1) is 15.4. The number of benzene rings is 2. The zero-order valence-corrected chi connectivity index (χ0v) is 17.7. The van der Waals surface area contributed by atoms with Crippen LogP contribution in [0, 0.1) is 19.7 Å². The Hall–Kier alpha value is -3.87. The number of rotatable bonds is 5. The summed E-state index contributed by atoms with van der Waals surface area (Å²) in [4.78, 5) is 28.2. The van der Waals surface area contributed by atoms with Crippen LogP contribution in [-0.2, 0) is 17.6 Å². The molecule has 3 heterocycles. The van der Waals surface area contributed by atoms with Crippen molar-refractivity contribution in [1.82, 2.24) is 10.3 Å². The maximum Gasteiger partial charge on any atom is 0.340 e. The highest BCUT2D eigenvalue weighted by Gasteiger charge is 2.17. The number of furan rings is 1. The van der Waals surface area contributed by atoms with E-state index in [1.54, 1.807) is 18.4 Å². The minimum Gasteiger partial charge on any atom is -0.464 e. The fraction of sp³-hybridized carbons (Fsp3) is 0.200. The lowest BCUT2D eigenvalue weighted by atomic mass is 10.0. The van der Waals surface area contributed by atoms with E-state index in [4.69, 9.17) is 8.83 Å². The van der Waals surface area contributed by atoms with Gasteiger partial charge in [0.2, 0.25) is 5.91 Å². The van der Waals surface area contributed by atoms with Gasteiger partial charge in [-0.1, -0.05) is 0 Å². The monoisotopic (exact) mass is 432 g/mol. The van der Waals surface area contributed by atoms with Crippen LogP contribution in [0.1, 0.15) is 22.3 Å². The van der Waals surface area contributed by atoms with E-state index in [0.717, 1.165) is 38.4 Å². The van der Waals surface area contributed by atoms with Crippen molar-refractivity contribution in [2.45, 2.75) is 26.7 Å². The van der Waals surface area contributed by atoms with Gasteiger partial charge in [-0.25, -0.2) is 9.18 Å². The van der Waals surface area contributed by atoms with E-state index in [-0.39, 0.29) is 18.1 Å². The molecule has 0 bridgehead atoms. The molecular formula is C25H21FN2O4. The first kappa shape index (κ1) is 20.1. The summed E-state index contributed by atoms with van der Waals surface area (Å²) in [5.41, 5.74) is 4.37. The zero-order valence-electron chi connectivity index (χ0n) is 17.7. The van der Waals surface area contributed by atoms with Crippen molar-refractivity contribution >= 4 is 38.7 Å². The SMILES string of the molecule is Cc1coc2cc3oc(=O)c(CC(=O)NCCc4c[nH]c5ccc(F)cc45)c(C)c3cc12. The van der Waals surface area contributed by atoms with E-state index >= 15 is 0 Å². The van der Waals surface area contributed by atoms with Crippen LogP contribution in [0.4, 0.5) is 4.39 Å². The van der Waals surface area contributed by atoms with E-state index < -0.39 is 5.63 Å². The van der Waals surface area contributed by atoms with Crippen molar-refractivity contribution in [3.8, 4) is 0 Å². The molecule has 7 heteroatoms. The van der Waals surface area contributed by atoms with Gasteiger partial charge in [0.15, 0.2) is 0 Å². The van der Waals surface area contributed by atoms with Crippen LogP contribution in [0.3, 0.4) is 0 Å². The number of H-pyrrole nitrogens is 1. The summed E-state index contributed by atoms with van der Waals surface area (Å²) < 4.78 is 24.5. The summed E-state index contributed by atoms with van der Waals surface area (Å²) in [6.07, 6.45) is 3.94. The Bertz CT molecular complexity index is 1560. The maximum absolute atomic E-state index is 13.5. The molecule has 2 N–H and O–H groups in total. The Kier molecular flexibility index (Phi) is 4.81. The summed E-state index contributed by atoms with van der Waals surface area (Å²) >= 11 is 0. The molecule has 0 aliphatic heterocycles. The van der Waals surface area contributed by atoms with E-state index in [1.807, 2.05) is 26.1 Å². The highest BCUT2D eigenvalue weighted by Crippen LogP contribution is 2.29. The zero-order chi connectivity index (χ0) is 22.4. The van der Waals surface area contributed by atoms with Gasteiger partial charge in [0.25, 0.3) is 0 Å². The molecule has 3 aromatic heterocycles. The normalized spacial score (nSPS) is 11.6. The van der Waals surface area contributed by atoms with Crippen molar-refractivity contribution < 1.29 is 18.0 Å². The summed E-state index contributed by atoms with van der Waals surface area (Å²) in [5, 5.41) is 5.37. The first-order valence-electron chi connectivity index (χ1n) is 10.4. The number of carbonyl (C=O) groups excluding carboxylic acids is 1. The second kappa shape index (κ2) is 7.67. The Morgan fingerprint density at radius 3 is 2.78 bits per heavy atom. The molecule has 162 valence electrons. The lowest BCUT2D eigenvalue weighted by molar-refractivity contribution is -0.120. The molecule has 0 atom stereocenters. The lowest BCUT2D eigenvalue weighted by Gasteiger charge is -2.09. The van der Waals surface area contributed by atoms with E-state index in [2.05, 4.69) is 10.3 Å². The molecule has 2 aromatic carbocycles. The number of aromatic nitrogens is 1. The van der Waals surface area contributed by atoms with Crippen LogP contribution < -0.4 is 10.9 Å². The minimum absolute atomic E-state index is 0.0744. The van der Waals surface area contributed by atoms with Crippen LogP contribution >= 0.6 is 0 Å². The molecule has 5 rings (SSSR count). The third kappa shape index (κ3) is 3.45. The fourth-order valence-corrected chi connectivity index (χ4v) is 4.16. The smallest absolute Gasteiger partial charge is 0.340 e. The van der Waals surface area contributed by atoms with E-state index in [9.17, 15) is 14.0 Å². The molecule has 0 spiro atoms. The molecule has 0 unspecified atom stereocenters. The third-order valence-electron chi connectivity index (χ3n) is 5.96. The minimum atomic E-state index is -0.528. The number of amides is 1. The van der Waals surface area contributed by atoms with Crippen molar-refractivity contribution in [2.75, 3.05) is 6.54 Å². The molecule has 32 heavy (non-hydrogen) atoms. The standard InChI is InChI=1S/C25H21FN2O4/c1-13-12-31-22-10-23-18(8-17(13)22)14(2)19(25(30)32-23)9-24(29)27-6-5-15-11-28-21-4-3-16(26)7-20(15)21/h3-4,7-8,10-12,28H,5-6,9H2,1-2H3,(H,27,29). The van der Waals surface area contributed by atoms with Gasteiger partial charge in [-0.15, -0.1) is 0 Å². The highest BCUT2D eigenvalue weighted by atomic mass is 19.1. The van der Waals surface area contributed by atoms with Crippen LogP contribution in [0.2, 0.25) is 0 Å². The Morgan fingerprint density at radius 2 is 1.94 bits per heavy atom. The van der Waals surface area contributed by atoms with Crippen LogP contribution in [0.25, 0.3) is 32.8 Å². The summed E-state index contributed by atoms with van der Waals surface area (Å²) in [6, 6.07) is 8.21. The summed E-state index contributed by atoms with van der Waals surface area (Å²) in [6.45, 7) is 4.14. The van der Waals surface area contributed by atoms with Crippen molar-refractivity contribution in [1.29, 1.82) is 0 Å². The van der Waals surface area contributed by atoms with Crippen molar-refractivity contribution in [2.24, 2.45) is 0 Å². The predicted octanol–water partition coefficient (Wildman–Crippen LogP) is 4.68.